The van der Waals surface area contributed by atoms with Crippen molar-refractivity contribution in [1.29, 1.82) is 0 Å². The van der Waals surface area contributed by atoms with E-state index in [-0.39, 0.29) is 33.7 Å². The van der Waals surface area contributed by atoms with Crippen LogP contribution in [0.15, 0.2) is 41.4 Å². The highest BCUT2D eigenvalue weighted by atomic mass is 35.5. The lowest BCUT2D eigenvalue weighted by atomic mass is 10.1. The monoisotopic (exact) mass is 444 g/mol. The highest BCUT2D eigenvalue weighted by Crippen LogP contribution is 2.30. The van der Waals surface area contributed by atoms with Gasteiger partial charge in [-0.15, -0.1) is 0 Å². The maximum absolute atomic E-state index is 14.0. The molecule has 0 saturated carbocycles. The molecule has 0 radical (unpaired) electrons. The minimum atomic E-state index is -3.61. The van der Waals surface area contributed by atoms with E-state index < -0.39 is 33.4 Å². The second-order valence-corrected chi connectivity index (χ2v) is 8.76. The van der Waals surface area contributed by atoms with Gasteiger partial charge in [0.15, 0.2) is 14.9 Å². The molecule has 0 saturated heterocycles. The van der Waals surface area contributed by atoms with Gasteiger partial charge in [0.2, 0.25) is 0 Å². The predicted molar refractivity (Wildman–Crippen MR) is 101 cm³/mol. The van der Waals surface area contributed by atoms with E-state index in [1.807, 2.05) is 0 Å². The summed E-state index contributed by atoms with van der Waals surface area (Å²) in [6.07, 6.45) is 0.00474. The summed E-state index contributed by atoms with van der Waals surface area (Å²) in [7, 11) is -3.61. The number of benzene rings is 2. The number of rotatable bonds is 6. The van der Waals surface area contributed by atoms with Crippen LogP contribution in [0.1, 0.15) is 28.7 Å². The quantitative estimate of drug-likeness (QED) is 0.607. The summed E-state index contributed by atoms with van der Waals surface area (Å²) in [6.45, 7) is 1.25. The van der Waals surface area contributed by atoms with Crippen molar-refractivity contribution in [3.05, 3.63) is 81.5 Å². The molecule has 0 aliphatic carbocycles. The van der Waals surface area contributed by atoms with Crippen molar-refractivity contribution in [3.63, 3.8) is 0 Å². The molecular formula is C19H16ClF3N2O3S. The molecule has 1 unspecified atom stereocenters. The van der Waals surface area contributed by atoms with Gasteiger partial charge >= 0.3 is 0 Å². The molecule has 1 atom stereocenters. The van der Waals surface area contributed by atoms with Gasteiger partial charge < -0.3 is 9.72 Å². The standard InChI is InChI=1S/C19H16ClF3N2O3S/c1-10-19(29(2,26)27)25-18(24-10)17(11-4-6-15(22)14(20)7-11)28-9-12-3-5-13(21)8-16(12)23/h3-8,17H,9H2,1-2H3,(H,24,25). The second-order valence-electron chi connectivity index (χ2n) is 6.42. The van der Waals surface area contributed by atoms with Gasteiger partial charge in [-0.3, -0.25) is 0 Å². The summed E-state index contributed by atoms with van der Waals surface area (Å²) < 4.78 is 70.2. The third-order valence-corrected chi connectivity index (χ3v) is 5.51. The van der Waals surface area contributed by atoms with Crippen LogP contribution in [-0.4, -0.2) is 24.6 Å². The van der Waals surface area contributed by atoms with E-state index >= 15 is 0 Å². The molecule has 0 bridgehead atoms. The number of aryl methyl sites for hydroxylation is 1. The number of imidazole rings is 1. The first-order valence-corrected chi connectivity index (χ1v) is 10.6. The summed E-state index contributed by atoms with van der Waals surface area (Å²) in [5.74, 6) is -2.06. The summed E-state index contributed by atoms with van der Waals surface area (Å²) >= 11 is 5.86. The normalized spacial score (nSPS) is 12.9. The molecule has 10 heteroatoms. The summed E-state index contributed by atoms with van der Waals surface area (Å²) in [5, 5.41) is -0.335. The molecule has 0 amide bonds. The van der Waals surface area contributed by atoms with Crippen LogP contribution < -0.4 is 0 Å². The lowest BCUT2D eigenvalue weighted by molar-refractivity contribution is 0.0595. The Balaban J connectivity index is 2.01. The van der Waals surface area contributed by atoms with E-state index in [2.05, 4.69) is 9.97 Å². The molecular weight excluding hydrogens is 429 g/mol. The molecule has 0 aliphatic rings. The topological polar surface area (TPSA) is 72.0 Å². The van der Waals surface area contributed by atoms with E-state index in [0.29, 0.717) is 5.56 Å². The highest BCUT2D eigenvalue weighted by Gasteiger charge is 2.25. The average Bonchev–Trinajstić information content (AvgIpc) is 3.01. The van der Waals surface area contributed by atoms with Crippen LogP contribution >= 0.6 is 11.6 Å². The van der Waals surface area contributed by atoms with Crippen LogP contribution in [0.2, 0.25) is 5.02 Å². The lowest BCUT2D eigenvalue weighted by Gasteiger charge is -2.17. The number of aromatic nitrogens is 2. The van der Waals surface area contributed by atoms with Gasteiger partial charge in [-0.25, -0.2) is 26.6 Å². The minimum Gasteiger partial charge on any atom is -0.361 e. The van der Waals surface area contributed by atoms with E-state index in [4.69, 9.17) is 16.3 Å². The Hall–Kier alpha value is -2.36. The molecule has 2 aromatic carbocycles. The van der Waals surface area contributed by atoms with Gasteiger partial charge in [-0.2, -0.15) is 0 Å². The SMILES string of the molecule is Cc1[nH]c(C(OCc2ccc(F)cc2F)c2ccc(F)c(Cl)c2)nc1S(C)(=O)=O. The van der Waals surface area contributed by atoms with E-state index in [9.17, 15) is 21.6 Å². The first kappa shape index (κ1) is 21.4. The largest absolute Gasteiger partial charge is 0.361 e. The van der Waals surface area contributed by atoms with Crippen molar-refractivity contribution < 1.29 is 26.3 Å². The van der Waals surface area contributed by atoms with Crippen molar-refractivity contribution in [1.82, 2.24) is 9.97 Å². The van der Waals surface area contributed by atoms with Gasteiger partial charge in [-0.05, 0) is 30.7 Å². The Morgan fingerprint density at radius 1 is 1.14 bits per heavy atom. The van der Waals surface area contributed by atoms with Gasteiger partial charge in [0.05, 0.1) is 17.3 Å². The van der Waals surface area contributed by atoms with Crippen molar-refractivity contribution in [2.75, 3.05) is 6.26 Å². The maximum atomic E-state index is 14.0. The molecule has 3 rings (SSSR count). The van der Waals surface area contributed by atoms with Crippen LogP contribution in [0.3, 0.4) is 0 Å². The molecule has 3 aromatic rings. The zero-order valence-electron chi connectivity index (χ0n) is 15.3. The van der Waals surface area contributed by atoms with Crippen LogP contribution in [0.4, 0.5) is 13.2 Å². The Morgan fingerprint density at radius 2 is 1.86 bits per heavy atom. The van der Waals surface area contributed by atoms with Crippen LogP contribution in [0.25, 0.3) is 0 Å². The zero-order valence-corrected chi connectivity index (χ0v) is 16.9. The van der Waals surface area contributed by atoms with E-state index in [0.717, 1.165) is 24.5 Å². The Bertz CT molecular complexity index is 1170. The molecule has 154 valence electrons. The van der Waals surface area contributed by atoms with Crippen LogP contribution in [0.5, 0.6) is 0 Å². The number of halogens is 4. The molecule has 0 spiro atoms. The Morgan fingerprint density at radius 3 is 2.45 bits per heavy atom. The fourth-order valence-corrected chi connectivity index (χ4v) is 3.83. The second kappa shape index (κ2) is 8.17. The number of H-pyrrole nitrogens is 1. The number of nitrogens with one attached hydrogen (secondary N) is 1. The molecule has 5 nitrogen and oxygen atoms in total. The molecule has 0 fully saturated rings. The number of hydrogen-bond donors (Lipinski definition) is 1. The first-order chi connectivity index (χ1) is 13.6. The minimum absolute atomic E-state index is 0.0798. The number of nitrogens with zero attached hydrogens (tertiary/aromatic N) is 1. The van der Waals surface area contributed by atoms with Gasteiger partial charge in [0, 0.05) is 17.9 Å². The van der Waals surface area contributed by atoms with Gasteiger partial charge in [0.25, 0.3) is 0 Å². The van der Waals surface area contributed by atoms with Crippen molar-refractivity contribution in [2.45, 2.75) is 24.7 Å². The number of ether oxygens (including phenoxy) is 1. The van der Waals surface area contributed by atoms with Crippen LogP contribution in [0, 0.1) is 24.4 Å². The van der Waals surface area contributed by atoms with Crippen molar-refractivity contribution in [2.24, 2.45) is 0 Å². The molecule has 29 heavy (non-hydrogen) atoms. The summed E-state index contributed by atoms with van der Waals surface area (Å²) in [5.41, 5.74) is 0.737. The van der Waals surface area contributed by atoms with Crippen molar-refractivity contribution in [3.8, 4) is 0 Å². The van der Waals surface area contributed by atoms with Crippen molar-refractivity contribution >= 4 is 21.4 Å². The third-order valence-electron chi connectivity index (χ3n) is 4.12. The predicted octanol–water partition coefficient (Wildman–Crippen LogP) is 4.50. The summed E-state index contributed by atoms with van der Waals surface area (Å²) in [4.78, 5) is 6.94. The average molecular weight is 445 g/mol. The van der Waals surface area contributed by atoms with Gasteiger partial charge in [-0.1, -0.05) is 23.7 Å². The zero-order chi connectivity index (χ0) is 21.3. The van der Waals surface area contributed by atoms with Gasteiger partial charge in [0.1, 0.15) is 29.4 Å². The molecule has 1 heterocycles. The van der Waals surface area contributed by atoms with E-state index in [1.165, 1.54) is 25.1 Å². The first-order valence-electron chi connectivity index (χ1n) is 8.33. The lowest BCUT2D eigenvalue weighted by Crippen LogP contribution is -2.10. The van der Waals surface area contributed by atoms with E-state index in [1.54, 1.807) is 0 Å². The Labute approximate surface area is 170 Å². The van der Waals surface area contributed by atoms with Crippen LogP contribution in [-0.2, 0) is 21.2 Å². The number of aromatic amines is 1. The fourth-order valence-electron chi connectivity index (χ4n) is 2.77. The summed E-state index contributed by atoms with van der Waals surface area (Å²) in [6, 6.07) is 6.87. The smallest absolute Gasteiger partial charge is 0.194 e. The maximum Gasteiger partial charge on any atom is 0.194 e. The third kappa shape index (κ3) is 4.80. The molecule has 1 aromatic heterocycles. The molecule has 1 N–H and O–H groups in total. The highest BCUT2D eigenvalue weighted by molar-refractivity contribution is 7.90. The molecule has 0 aliphatic heterocycles. The Kier molecular flexibility index (Phi) is 6.02. The number of sulfone groups is 1. The fraction of sp³-hybridized carbons (Fsp3) is 0.211. The number of hydrogen-bond acceptors (Lipinski definition) is 4.